The highest BCUT2D eigenvalue weighted by Gasteiger charge is 2.43. The second kappa shape index (κ2) is 28.1. The topological polar surface area (TPSA) is 107 Å². The molecule has 366 valence electrons. The van der Waals surface area contributed by atoms with Crippen LogP contribution < -0.4 is 18.9 Å². The number of hydrogen-bond donors (Lipinski definition) is 0. The Kier molecular flexibility index (Phi) is 23.5. The van der Waals surface area contributed by atoms with Crippen molar-refractivity contribution in [3.8, 4) is 23.0 Å². The minimum Gasteiger partial charge on any atom is -0.497 e. The number of methoxy groups -OCH3 is 2. The van der Waals surface area contributed by atoms with Crippen molar-refractivity contribution in [1.29, 1.82) is 0 Å². The van der Waals surface area contributed by atoms with Gasteiger partial charge in [0.05, 0.1) is 14.2 Å². The molecular weight excluding hydrogens is 909 g/mol. The van der Waals surface area contributed by atoms with E-state index >= 15 is 0 Å². The minimum absolute atomic E-state index is 0.0715. The second-order valence-electron chi connectivity index (χ2n) is 17.1. The van der Waals surface area contributed by atoms with Gasteiger partial charge in [-0.05, 0) is 131 Å². The smallest absolute Gasteiger partial charge is 0.497 e. The van der Waals surface area contributed by atoms with Crippen molar-refractivity contribution in [2.24, 2.45) is 11.8 Å². The lowest BCUT2D eigenvalue weighted by atomic mass is 10.0. The molecule has 4 rings (SSSR count). The number of hydrogen-bond acceptors (Lipinski definition) is 12. The maximum Gasteiger partial charge on any atom is 0.510 e. The molecule has 4 aromatic rings. The lowest BCUT2D eigenvalue weighted by Crippen LogP contribution is -2.42. The third kappa shape index (κ3) is 18.6. The van der Waals surface area contributed by atoms with Crippen molar-refractivity contribution in [3.63, 3.8) is 0 Å². The van der Waals surface area contributed by atoms with E-state index in [9.17, 15) is 9.09 Å². The van der Waals surface area contributed by atoms with Crippen LogP contribution in [0.3, 0.4) is 0 Å². The second-order valence-corrected chi connectivity index (χ2v) is 19.9. The molecule has 0 saturated heterocycles. The molecule has 0 unspecified atom stereocenters. The average molecular weight is 980 g/mol. The number of para-hydroxylation sites is 2. The summed E-state index contributed by atoms with van der Waals surface area (Å²) in [7, 11) is 5.72. The SMILES string of the molecule is COc1cccc(CCc2ccccc2OC[C@H](CN(C)C)O[C@H](OP(=O)(OF)O[C@@H](O[C@H](COc2ccccc2CCc2cccc(OC)c2)CN(C)C)[C@@H](C)[C@@H](C)Cl)[C@@H](C)[C@@H](C)Cl)c1. The average Bonchev–Trinajstić information content (AvgIpc) is 3.30. The lowest BCUT2D eigenvalue weighted by Gasteiger charge is -2.35. The van der Waals surface area contributed by atoms with Gasteiger partial charge in [0.2, 0.25) is 0 Å². The number of halogens is 3. The van der Waals surface area contributed by atoms with E-state index in [1.807, 2.05) is 123 Å². The van der Waals surface area contributed by atoms with Crippen LogP contribution in [0.1, 0.15) is 49.9 Å². The summed E-state index contributed by atoms with van der Waals surface area (Å²) in [6.07, 6.45) is -1.14. The molecule has 16 heteroatoms. The standard InChI is InChI=1S/C50H70Cl2FN2O10P/c1-35(37(3)51)49(61-45(31-54(5)6)33-59-47-23-13-11-19-41(47)27-25-39-17-15-21-43(29-39)57-9)63-66(56,65-53)64-50(36(2)38(4)52)62-46(32-55(7)8)34-60-48-24-14-12-20-42(48)28-26-40-18-16-22-44(30-40)58-10/h11-24,29-30,35-38,45-46,49-50H,25-28,31-34H2,1-10H3/t35-,36-,37+,38+,45-,46-,49+,50+/m0/s1. The number of rotatable bonds is 31. The molecule has 0 heterocycles. The van der Waals surface area contributed by atoms with Crippen molar-refractivity contribution in [2.45, 2.75) is 88.9 Å². The van der Waals surface area contributed by atoms with Crippen LogP contribution in [0.5, 0.6) is 23.0 Å². The highest BCUT2D eigenvalue weighted by Crippen LogP contribution is 2.54. The Morgan fingerprint density at radius 1 is 0.576 bits per heavy atom. The van der Waals surface area contributed by atoms with E-state index in [-0.39, 0.29) is 13.2 Å². The van der Waals surface area contributed by atoms with Crippen LogP contribution >= 0.6 is 31.0 Å². The molecule has 0 aromatic heterocycles. The summed E-state index contributed by atoms with van der Waals surface area (Å²) in [6, 6.07) is 31.5. The van der Waals surface area contributed by atoms with Gasteiger partial charge in [0.25, 0.3) is 0 Å². The Labute approximate surface area is 402 Å². The molecule has 4 aromatic carbocycles. The molecule has 0 aliphatic rings. The number of phosphoric ester groups is 1. The van der Waals surface area contributed by atoms with Gasteiger partial charge in [-0.2, -0.15) is 0 Å². The van der Waals surface area contributed by atoms with Gasteiger partial charge in [-0.3, -0.25) is 9.05 Å². The number of alkyl halides is 2. The Morgan fingerprint density at radius 2 is 0.970 bits per heavy atom. The number of ether oxygens (including phenoxy) is 6. The molecule has 0 aliphatic carbocycles. The zero-order chi connectivity index (χ0) is 48.2. The molecular formula is C50H70Cl2FN2O10P. The van der Waals surface area contributed by atoms with Gasteiger partial charge in [-0.25, -0.2) is 4.57 Å². The van der Waals surface area contributed by atoms with E-state index in [0.29, 0.717) is 37.4 Å². The van der Waals surface area contributed by atoms with Crippen molar-refractivity contribution < 1.29 is 51.3 Å². The first-order valence-electron chi connectivity index (χ1n) is 22.4. The third-order valence-corrected chi connectivity index (χ3v) is 13.0. The van der Waals surface area contributed by atoms with Gasteiger partial charge < -0.3 is 38.2 Å². The molecule has 66 heavy (non-hydrogen) atoms. The fraction of sp³-hybridized carbons (Fsp3) is 0.520. The van der Waals surface area contributed by atoms with Crippen LogP contribution in [0.15, 0.2) is 97.1 Å². The molecule has 12 nitrogen and oxygen atoms in total. The highest BCUT2D eigenvalue weighted by molar-refractivity contribution is 7.48. The Morgan fingerprint density at radius 3 is 1.32 bits per heavy atom. The summed E-state index contributed by atoms with van der Waals surface area (Å²) in [5, 5.41) is -1.15. The van der Waals surface area contributed by atoms with Gasteiger partial charge in [-0.15, -0.1) is 23.2 Å². The maximum absolute atomic E-state index is 14.8. The van der Waals surface area contributed by atoms with Crippen molar-refractivity contribution >= 4 is 31.0 Å². The maximum atomic E-state index is 14.8. The van der Waals surface area contributed by atoms with Crippen molar-refractivity contribution in [2.75, 3.05) is 68.7 Å². The largest absolute Gasteiger partial charge is 0.510 e. The predicted molar refractivity (Wildman–Crippen MR) is 260 cm³/mol. The molecule has 0 aliphatic heterocycles. The lowest BCUT2D eigenvalue weighted by molar-refractivity contribution is -0.208. The van der Waals surface area contributed by atoms with E-state index in [0.717, 1.165) is 46.6 Å². The summed E-state index contributed by atoms with van der Waals surface area (Å²) >= 11 is 13.2. The summed E-state index contributed by atoms with van der Waals surface area (Å²) in [5.41, 5.74) is 4.27. The normalized spacial score (nSPS) is 16.4. The first kappa shape index (κ1) is 55.1. The highest BCUT2D eigenvalue weighted by atomic mass is 35.5. The van der Waals surface area contributed by atoms with Crippen LogP contribution in [0.4, 0.5) is 4.53 Å². The summed E-state index contributed by atoms with van der Waals surface area (Å²) in [4.78, 5) is 3.82. The molecule has 8 atom stereocenters. The molecule has 0 spiro atoms. The van der Waals surface area contributed by atoms with E-state index in [2.05, 4.69) is 16.9 Å². The predicted octanol–water partition coefficient (Wildman–Crippen LogP) is 10.8. The Balaban J connectivity index is 1.51. The molecule has 0 amide bonds. The number of aryl methyl sites for hydroxylation is 4. The van der Waals surface area contributed by atoms with E-state index in [1.54, 1.807) is 41.9 Å². The van der Waals surface area contributed by atoms with Crippen LogP contribution in [0.25, 0.3) is 0 Å². The van der Waals surface area contributed by atoms with E-state index in [4.69, 9.17) is 60.7 Å². The summed E-state index contributed by atoms with van der Waals surface area (Å²) < 4.78 is 81.8. The van der Waals surface area contributed by atoms with Gasteiger partial charge in [0.15, 0.2) is 12.6 Å². The van der Waals surface area contributed by atoms with Crippen molar-refractivity contribution in [1.82, 2.24) is 9.80 Å². The first-order valence-corrected chi connectivity index (χ1v) is 24.7. The number of phosphoric acid groups is 1. The zero-order valence-electron chi connectivity index (χ0n) is 40.1. The van der Waals surface area contributed by atoms with Crippen LogP contribution in [-0.4, -0.2) is 114 Å². The van der Waals surface area contributed by atoms with Crippen LogP contribution in [-0.2, 0) is 53.5 Å². The monoisotopic (exact) mass is 978 g/mol. The Hall–Kier alpha value is -3.46. The van der Waals surface area contributed by atoms with E-state index < -0.39 is 55.2 Å². The molecule has 0 bridgehead atoms. The fourth-order valence-electron chi connectivity index (χ4n) is 6.98. The van der Waals surface area contributed by atoms with Crippen LogP contribution in [0.2, 0.25) is 0 Å². The molecule has 0 fully saturated rings. The molecule has 0 saturated carbocycles. The van der Waals surface area contributed by atoms with Gasteiger partial charge >= 0.3 is 7.82 Å². The first-order chi connectivity index (χ1) is 31.5. The quantitative estimate of drug-likeness (QED) is 0.0272. The number of benzene rings is 4. The number of nitrogens with zero attached hydrogens (tertiary/aromatic N) is 2. The molecule has 0 N–H and O–H groups in total. The summed E-state index contributed by atoms with van der Waals surface area (Å²) in [5.74, 6) is 1.68. The number of likely N-dealkylation sites (N-methyl/N-ethyl adjacent to an activating group) is 2. The Bertz CT molecular complexity index is 1930. The fourth-order valence-corrected chi connectivity index (χ4v) is 8.32. The van der Waals surface area contributed by atoms with E-state index in [1.165, 1.54) is 0 Å². The van der Waals surface area contributed by atoms with Crippen LogP contribution in [0, 0.1) is 11.8 Å². The summed E-state index contributed by atoms with van der Waals surface area (Å²) in [6.45, 7) is 7.81. The third-order valence-electron chi connectivity index (χ3n) is 11.1. The molecule has 0 radical (unpaired) electrons. The van der Waals surface area contributed by atoms with Crippen molar-refractivity contribution in [3.05, 3.63) is 119 Å². The minimum atomic E-state index is -5.10. The van der Waals surface area contributed by atoms with Gasteiger partial charge in [0.1, 0.15) is 48.4 Å². The van der Waals surface area contributed by atoms with Gasteiger partial charge in [-0.1, -0.05) is 79.2 Å². The van der Waals surface area contributed by atoms with Gasteiger partial charge in [0, 0.05) is 35.7 Å². The zero-order valence-corrected chi connectivity index (χ0v) is 42.5.